The van der Waals surface area contributed by atoms with E-state index in [1.54, 1.807) is 7.11 Å². The fraction of sp³-hybridized carbons (Fsp3) is 0.636. The smallest absolute Gasteiger partial charge is 0.216 e. The Balaban J connectivity index is 2.70. The van der Waals surface area contributed by atoms with E-state index in [-0.39, 0.29) is 0 Å². The van der Waals surface area contributed by atoms with Crippen molar-refractivity contribution in [1.82, 2.24) is 9.97 Å². The Morgan fingerprint density at radius 1 is 1.33 bits per heavy atom. The Morgan fingerprint density at radius 3 is 2.67 bits per heavy atom. The van der Waals surface area contributed by atoms with Crippen LogP contribution in [0.5, 0.6) is 5.88 Å². The summed E-state index contributed by atoms with van der Waals surface area (Å²) in [6, 6.07) is 1.82. The number of aryl methyl sites for hydroxylation is 1. The summed E-state index contributed by atoms with van der Waals surface area (Å²) in [6.45, 7) is 7.21. The zero-order valence-corrected chi connectivity index (χ0v) is 9.78. The number of aromatic nitrogens is 2. The summed E-state index contributed by atoms with van der Waals surface area (Å²) >= 11 is 0. The van der Waals surface area contributed by atoms with E-state index in [4.69, 9.17) is 9.47 Å². The quantitative estimate of drug-likeness (QED) is 0.745. The van der Waals surface area contributed by atoms with E-state index in [1.807, 2.05) is 13.0 Å². The number of nitrogens with zero attached hydrogens (tertiary/aromatic N) is 2. The lowest BCUT2D eigenvalue weighted by Gasteiger charge is -2.09. The van der Waals surface area contributed by atoms with Gasteiger partial charge in [0.2, 0.25) is 5.88 Å². The van der Waals surface area contributed by atoms with Crippen LogP contribution in [0.4, 0.5) is 0 Å². The second-order valence-corrected chi connectivity index (χ2v) is 3.88. The van der Waals surface area contributed by atoms with Crippen LogP contribution in [0.15, 0.2) is 6.07 Å². The molecule has 84 valence electrons. The van der Waals surface area contributed by atoms with E-state index in [2.05, 4.69) is 23.8 Å². The molecule has 0 amide bonds. The Kier molecular flexibility index (Phi) is 4.49. The minimum atomic E-state index is 0.487. The van der Waals surface area contributed by atoms with Crippen molar-refractivity contribution in [3.05, 3.63) is 17.6 Å². The second-order valence-electron chi connectivity index (χ2n) is 3.88. The van der Waals surface area contributed by atoms with Crippen LogP contribution in [-0.4, -0.2) is 23.7 Å². The predicted molar refractivity (Wildman–Crippen MR) is 57.8 cm³/mol. The molecule has 0 N–H and O–H groups in total. The van der Waals surface area contributed by atoms with E-state index in [1.165, 1.54) is 0 Å². The van der Waals surface area contributed by atoms with E-state index < -0.39 is 0 Å². The van der Waals surface area contributed by atoms with Gasteiger partial charge in [-0.2, -0.15) is 4.98 Å². The Bertz CT molecular complexity index is 313. The van der Waals surface area contributed by atoms with Crippen LogP contribution < -0.4 is 4.74 Å². The summed E-state index contributed by atoms with van der Waals surface area (Å²) in [6.07, 6.45) is 0. The van der Waals surface area contributed by atoms with Crippen LogP contribution in [-0.2, 0) is 11.3 Å². The first kappa shape index (κ1) is 11.9. The maximum Gasteiger partial charge on any atom is 0.216 e. The molecule has 0 aromatic carbocycles. The van der Waals surface area contributed by atoms with Gasteiger partial charge in [-0.25, -0.2) is 4.98 Å². The van der Waals surface area contributed by atoms with E-state index in [0.29, 0.717) is 30.8 Å². The highest BCUT2D eigenvalue weighted by Gasteiger charge is 2.03. The number of methoxy groups -OCH3 is 1. The van der Waals surface area contributed by atoms with Gasteiger partial charge in [-0.05, 0) is 12.8 Å². The molecule has 4 heteroatoms. The van der Waals surface area contributed by atoms with Crippen LogP contribution in [0.1, 0.15) is 25.4 Å². The normalized spacial score (nSPS) is 10.7. The van der Waals surface area contributed by atoms with Crippen molar-refractivity contribution in [1.29, 1.82) is 0 Å². The Morgan fingerprint density at radius 2 is 2.07 bits per heavy atom. The third-order valence-electron chi connectivity index (χ3n) is 1.72. The Labute approximate surface area is 90.7 Å². The lowest BCUT2D eigenvalue weighted by Crippen LogP contribution is -2.07. The second kappa shape index (κ2) is 5.66. The van der Waals surface area contributed by atoms with Gasteiger partial charge in [-0.3, -0.25) is 0 Å². The molecule has 0 saturated carbocycles. The van der Waals surface area contributed by atoms with Gasteiger partial charge in [0.1, 0.15) is 5.82 Å². The van der Waals surface area contributed by atoms with Gasteiger partial charge in [0, 0.05) is 13.2 Å². The molecule has 0 aliphatic heterocycles. The van der Waals surface area contributed by atoms with E-state index >= 15 is 0 Å². The van der Waals surface area contributed by atoms with Crippen molar-refractivity contribution >= 4 is 0 Å². The summed E-state index contributed by atoms with van der Waals surface area (Å²) < 4.78 is 10.5. The topological polar surface area (TPSA) is 44.2 Å². The molecule has 0 radical (unpaired) electrons. The summed E-state index contributed by atoms with van der Waals surface area (Å²) in [5.41, 5.74) is 0.851. The van der Waals surface area contributed by atoms with Crippen LogP contribution in [0.2, 0.25) is 0 Å². The number of ether oxygens (including phenoxy) is 2. The summed E-state index contributed by atoms with van der Waals surface area (Å²) in [7, 11) is 1.64. The molecular formula is C11H18N2O2. The monoisotopic (exact) mass is 210 g/mol. The maximum absolute atomic E-state index is 5.53. The lowest BCUT2D eigenvalue weighted by atomic mass is 10.2. The van der Waals surface area contributed by atoms with Crippen molar-refractivity contribution in [2.45, 2.75) is 27.4 Å². The predicted octanol–water partition coefficient (Wildman–Crippen LogP) is 1.97. The molecular weight excluding hydrogens is 192 g/mol. The third kappa shape index (κ3) is 4.25. The molecule has 0 unspecified atom stereocenters. The zero-order valence-electron chi connectivity index (χ0n) is 9.78. The van der Waals surface area contributed by atoms with Crippen molar-refractivity contribution in [3.8, 4) is 5.88 Å². The van der Waals surface area contributed by atoms with Crippen molar-refractivity contribution in [2.24, 2.45) is 5.92 Å². The van der Waals surface area contributed by atoms with Crippen LogP contribution >= 0.6 is 0 Å². The average Bonchev–Trinajstić information content (AvgIpc) is 2.14. The van der Waals surface area contributed by atoms with Gasteiger partial charge < -0.3 is 9.47 Å². The highest BCUT2D eigenvalue weighted by molar-refractivity contribution is 5.15. The molecule has 1 rings (SSSR count). The SMILES string of the molecule is COCc1cc(OCC(C)C)nc(C)n1. The molecule has 4 nitrogen and oxygen atoms in total. The molecule has 1 aromatic heterocycles. The van der Waals surface area contributed by atoms with E-state index in [9.17, 15) is 0 Å². The highest BCUT2D eigenvalue weighted by Crippen LogP contribution is 2.11. The first-order chi connectivity index (χ1) is 7.11. The van der Waals surface area contributed by atoms with Crippen molar-refractivity contribution < 1.29 is 9.47 Å². The maximum atomic E-state index is 5.53. The molecule has 0 bridgehead atoms. The van der Waals surface area contributed by atoms with Crippen molar-refractivity contribution in [2.75, 3.05) is 13.7 Å². The van der Waals surface area contributed by atoms with Crippen LogP contribution in [0.3, 0.4) is 0 Å². The molecule has 0 aliphatic carbocycles. The molecule has 0 saturated heterocycles. The lowest BCUT2D eigenvalue weighted by molar-refractivity contribution is 0.180. The van der Waals surface area contributed by atoms with E-state index in [0.717, 1.165) is 5.69 Å². The number of hydrogen-bond acceptors (Lipinski definition) is 4. The first-order valence-electron chi connectivity index (χ1n) is 5.08. The molecule has 15 heavy (non-hydrogen) atoms. The van der Waals surface area contributed by atoms with Gasteiger partial charge in [0.05, 0.1) is 18.9 Å². The fourth-order valence-corrected chi connectivity index (χ4v) is 1.15. The molecule has 1 heterocycles. The van der Waals surface area contributed by atoms with Gasteiger partial charge in [-0.1, -0.05) is 13.8 Å². The number of hydrogen-bond donors (Lipinski definition) is 0. The van der Waals surface area contributed by atoms with Crippen LogP contribution in [0, 0.1) is 12.8 Å². The molecule has 1 aromatic rings. The third-order valence-corrected chi connectivity index (χ3v) is 1.72. The standard InChI is InChI=1S/C11H18N2O2/c1-8(2)6-15-11-5-10(7-14-4)12-9(3)13-11/h5,8H,6-7H2,1-4H3. The summed E-state index contributed by atoms with van der Waals surface area (Å²) in [4.78, 5) is 8.43. The van der Waals surface area contributed by atoms with Gasteiger partial charge >= 0.3 is 0 Å². The molecule has 0 aliphatic rings. The molecule has 0 atom stereocenters. The molecule has 0 fully saturated rings. The fourth-order valence-electron chi connectivity index (χ4n) is 1.15. The highest BCUT2D eigenvalue weighted by atomic mass is 16.5. The molecule has 0 spiro atoms. The number of rotatable bonds is 5. The zero-order chi connectivity index (χ0) is 11.3. The first-order valence-corrected chi connectivity index (χ1v) is 5.08. The Hall–Kier alpha value is -1.16. The summed E-state index contributed by atoms with van der Waals surface area (Å²) in [5.74, 6) is 1.83. The minimum absolute atomic E-state index is 0.487. The van der Waals surface area contributed by atoms with Crippen LogP contribution in [0.25, 0.3) is 0 Å². The van der Waals surface area contributed by atoms with Crippen molar-refractivity contribution in [3.63, 3.8) is 0 Å². The van der Waals surface area contributed by atoms with Gasteiger partial charge in [-0.15, -0.1) is 0 Å². The largest absolute Gasteiger partial charge is 0.477 e. The average molecular weight is 210 g/mol. The van der Waals surface area contributed by atoms with Gasteiger partial charge in [0.15, 0.2) is 0 Å². The van der Waals surface area contributed by atoms with Gasteiger partial charge in [0.25, 0.3) is 0 Å². The minimum Gasteiger partial charge on any atom is -0.477 e. The summed E-state index contributed by atoms with van der Waals surface area (Å²) in [5, 5.41) is 0.